The highest BCUT2D eigenvalue weighted by Crippen LogP contribution is 2.28. The standard InChI is InChI=1S/C14H21ClN4O3/c1-14(2,3)22-13(20)19-6-4-5-9(19)7-21-10-11(15)17-8-18-12(10)16/h8-9H,4-7H2,1-3H3,(H2,16,17,18). The topological polar surface area (TPSA) is 90.6 Å². The lowest BCUT2D eigenvalue weighted by Gasteiger charge is -2.28. The number of nitrogen functional groups attached to an aromatic ring is 1. The molecule has 1 aromatic heterocycles. The van der Waals surface area contributed by atoms with Crippen molar-refractivity contribution in [1.29, 1.82) is 0 Å². The first kappa shape index (κ1) is 16.6. The average Bonchev–Trinajstić information content (AvgIpc) is 2.84. The molecule has 0 aliphatic carbocycles. The molecule has 122 valence electrons. The molecule has 0 radical (unpaired) electrons. The second-order valence-corrected chi connectivity index (χ2v) is 6.52. The van der Waals surface area contributed by atoms with E-state index in [1.807, 2.05) is 20.8 Å². The first-order chi connectivity index (χ1) is 10.3. The molecular weight excluding hydrogens is 308 g/mol. The minimum absolute atomic E-state index is 0.0782. The van der Waals surface area contributed by atoms with Crippen LogP contribution in [0, 0.1) is 0 Å². The molecule has 2 N–H and O–H groups in total. The molecule has 1 atom stereocenters. The maximum Gasteiger partial charge on any atom is 0.410 e. The summed E-state index contributed by atoms with van der Waals surface area (Å²) in [6, 6.07) is -0.0782. The third-order valence-corrected chi connectivity index (χ3v) is 3.48. The first-order valence-electron chi connectivity index (χ1n) is 7.16. The zero-order chi connectivity index (χ0) is 16.3. The van der Waals surface area contributed by atoms with Crippen LogP contribution in [0.25, 0.3) is 0 Å². The number of nitrogens with zero attached hydrogens (tertiary/aromatic N) is 3. The molecule has 7 nitrogen and oxygen atoms in total. The van der Waals surface area contributed by atoms with Gasteiger partial charge in [0, 0.05) is 6.54 Å². The Bertz CT molecular complexity index is 527. The molecular formula is C14H21ClN4O3. The van der Waals surface area contributed by atoms with Crippen molar-refractivity contribution < 1.29 is 14.3 Å². The van der Waals surface area contributed by atoms with Gasteiger partial charge in [0.05, 0.1) is 6.04 Å². The van der Waals surface area contributed by atoms with Crippen LogP contribution >= 0.6 is 11.6 Å². The van der Waals surface area contributed by atoms with Gasteiger partial charge in [0.15, 0.2) is 16.7 Å². The number of amides is 1. The smallest absolute Gasteiger partial charge is 0.410 e. The lowest BCUT2D eigenvalue weighted by atomic mass is 10.2. The summed E-state index contributed by atoms with van der Waals surface area (Å²) in [7, 11) is 0. The lowest BCUT2D eigenvalue weighted by molar-refractivity contribution is 0.0187. The summed E-state index contributed by atoms with van der Waals surface area (Å²) in [5, 5.41) is 0.161. The van der Waals surface area contributed by atoms with Crippen molar-refractivity contribution in [3.63, 3.8) is 0 Å². The van der Waals surface area contributed by atoms with Gasteiger partial charge in [-0.15, -0.1) is 0 Å². The molecule has 0 saturated carbocycles. The van der Waals surface area contributed by atoms with Crippen LogP contribution in [-0.2, 0) is 4.74 Å². The monoisotopic (exact) mass is 328 g/mol. The lowest BCUT2D eigenvalue weighted by Crippen LogP contribution is -2.42. The Kier molecular flexibility index (Phi) is 4.95. The summed E-state index contributed by atoms with van der Waals surface area (Å²) in [6.45, 7) is 6.45. The number of hydrogen-bond acceptors (Lipinski definition) is 6. The normalized spacial score (nSPS) is 18.4. The van der Waals surface area contributed by atoms with Gasteiger partial charge >= 0.3 is 6.09 Å². The Balaban J connectivity index is 1.98. The number of carbonyl (C=O) groups excluding carboxylic acids is 1. The van der Waals surface area contributed by atoms with Crippen LogP contribution in [0.15, 0.2) is 6.33 Å². The van der Waals surface area contributed by atoms with E-state index in [1.165, 1.54) is 6.33 Å². The molecule has 1 aromatic rings. The number of nitrogens with two attached hydrogens (primary N) is 1. The highest BCUT2D eigenvalue weighted by atomic mass is 35.5. The number of ether oxygens (including phenoxy) is 2. The van der Waals surface area contributed by atoms with Crippen LogP contribution in [-0.4, -0.2) is 45.8 Å². The fourth-order valence-corrected chi connectivity index (χ4v) is 2.44. The van der Waals surface area contributed by atoms with E-state index in [9.17, 15) is 4.79 Å². The quantitative estimate of drug-likeness (QED) is 0.857. The largest absolute Gasteiger partial charge is 0.485 e. The van der Waals surface area contributed by atoms with Gasteiger partial charge in [-0.2, -0.15) is 0 Å². The molecule has 2 heterocycles. The van der Waals surface area contributed by atoms with Gasteiger partial charge in [0.2, 0.25) is 0 Å². The summed E-state index contributed by atoms with van der Waals surface area (Å²) in [6.07, 6.45) is 2.68. The van der Waals surface area contributed by atoms with Crippen LogP contribution in [0.1, 0.15) is 33.6 Å². The van der Waals surface area contributed by atoms with Gasteiger partial charge in [-0.3, -0.25) is 0 Å². The Morgan fingerprint density at radius 3 is 2.86 bits per heavy atom. The zero-order valence-corrected chi connectivity index (χ0v) is 13.8. The molecule has 1 unspecified atom stereocenters. The fraction of sp³-hybridized carbons (Fsp3) is 0.643. The summed E-state index contributed by atoms with van der Waals surface area (Å²) < 4.78 is 11.0. The Morgan fingerprint density at radius 1 is 1.50 bits per heavy atom. The summed E-state index contributed by atoms with van der Waals surface area (Å²) in [5.41, 5.74) is 5.20. The summed E-state index contributed by atoms with van der Waals surface area (Å²) >= 11 is 5.94. The molecule has 1 aliphatic rings. The van der Waals surface area contributed by atoms with E-state index in [0.717, 1.165) is 12.8 Å². The predicted molar refractivity (Wildman–Crippen MR) is 82.9 cm³/mol. The van der Waals surface area contributed by atoms with Crippen molar-refractivity contribution in [3.05, 3.63) is 11.5 Å². The number of aromatic nitrogens is 2. The number of halogens is 1. The maximum atomic E-state index is 12.2. The van der Waals surface area contributed by atoms with Crippen molar-refractivity contribution >= 4 is 23.5 Å². The summed E-state index contributed by atoms with van der Waals surface area (Å²) in [5.74, 6) is 0.432. The van der Waals surface area contributed by atoms with Crippen molar-refractivity contribution in [3.8, 4) is 5.75 Å². The van der Waals surface area contributed by atoms with E-state index in [-0.39, 0.29) is 35.5 Å². The van der Waals surface area contributed by atoms with Crippen molar-refractivity contribution in [2.45, 2.75) is 45.3 Å². The van der Waals surface area contributed by atoms with Gasteiger partial charge < -0.3 is 20.1 Å². The molecule has 8 heteroatoms. The molecule has 1 amide bonds. The van der Waals surface area contributed by atoms with Crippen LogP contribution in [0.2, 0.25) is 5.15 Å². The number of carbonyl (C=O) groups is 1. The zero-order valence-electron chi connectivity index (χ0n) is 13.0. The van der Waals surface area contributed by atoms with Gasteiger partial charge in [-0.05, 0) is 33.6 Å². The predicted octanol–water partition coefficient (Wildman–Crippen LogP) is 2.49. The van der Waals surface area contributed by atoms with Crippen LogP contribution in [0.4, 0.5) is 10.6 Å². The SMILES string of the molecule is CC(C)(C)OC(=O)N1CCCC1COc1c(N)ncnc1Cl. The molecule has 1 aliphatic heterocycles. The van der Waals surface area contributed by atoms with E-state index in [2.05, 4.69) is 9.97 Å². The molecule has 1 saturated heterocycles. The maximum absolute atomic E-state index is 12.2. The van der Waals surface area contributed by atoms with Gasteiger partial charge in [-0.1, -0.05) is 11.6 Å². The number of rotatable bonds is 3. The molecule has 0 aromatic carbocycles. The van der Waals surface area contributed by atoms with E-state index < -0.39 is 5.60 Å². The van der Waals surface area contributed by atoms with Crippen molar-refractivity contribution in [2.75, 3.05) is 18.9 Å². The molecule has 2 rings (SSSR count). The van der Waals surface area contributed by atoms with Crippen LogP contribution in [0.5, 0.6) is 5.75 Å². The minimum Gasteiger partial charge on any atom is -0.485 e. The van der Waals surface area contributed by atoms with Crippen molar-refractivity contribution in [2.24, 2.45) is 0 Å². The number of anilines is 1. The van der Waals surface area contributed by atoms with Gasteiger partial charge in [0.1, 0.15) is 18.5 Å². The Morgan fingerprint density at radius 2 is 2.23 bits per heavy atom. The first-order valence-corrected chi connectivity index (χ1v) is 7.54. The fourth-order valence-electron chi connectivity index (χ4n) is 2.25. The minimum atomic E-state index is -0.522. The number of hydrogen-bond donors (Lipinski definition) is 1. The second-order valence-electron chi connectivity index (χ2n) is 6.16. The molecule has 0 bridgehead atoms. The third kappa shape index (κ3) is 4.13. The van der Waals surface area contributed by atoms with Gasteiger partial charge in [0.25, 0.3) is 0 Å². The Labute approximate surface area is 134 Å². The van der Waals surface area contributed by atoms with Crippen LogP contribution in [0.3, 0.4) is 0 Å². The van der Waals surface area contributed by atoms with E-state index in [0.29, 0.717) is 6.54 Å². The van der Waals surface area contributed by atoms with Crippen molar-refractivity contribution in [1.82, 2.24) is 14.9 Å². The number of likely N-dealkylation sites (tertiary alicyclic amines) is 1. The summed E-state index contributed by atoms with van der Waals surface area (Å²) in [4.78, 5) is 21.5. The second kappa shape index (κ2) is 6.56. The van der Waals surface area contributed by atoms with Crippen LogP contribution < -0.4 is 10.5 Å². The highest BCUT2D eigenvalue weighted by molar-refractivity contribution is 6.31. The van der Waals surface area contributed by atoms with Gasteiger partial charge in [-0.25, -0.2) is 14.8 Å². The molecule has 0 spiro atoms. The molecule has 22 heavy (non-hydrogen) atoms. The molecule has 1 fully saturated rings. The average molecular weight is 329 g/mol. The van der Waals surface area contributed by atoms with E-state index >= 15 is 0 Å². The highest BCUT2D eigenvalue weighted by Gasteiger charge is 2.32. The van der Waals surface area contributed by atoms with E-state index in [4.69, 9.17) is 26.8 Å². The third-order valence-electron chi connectivity index (χ3n) is 3.21. The van der Waals surface area contributed by atoms with E-state index in [1.54, 1.807) is 4.90 Å². The Hall–Kier alpha value is -1.76.